The van der Waals surface area contributed by atoms with Crippen LogP contribution in [0.5, 0.6) is 0 Å². The van der Waals surface area contributed by atoms with E-state index in [-0.39, 0.29) is 4.90 Å². The first-order chi connectivity index (χ1) is 16.3. The topological polar surface area (TPSA) is 71.7 Å². The van der Waals surface area contributed by atoms with Gasteiger partial charge >= 0.3 is 0 Å². The molecule has 182 valence electrons. The molecule has 3 rings (SSSR count). The molecule has 34 heavy (non-hydrogen) atoms. The molecular weight excluding hydrogens is 490 g/mol. The maximum Gasteiger partial charge on any atom is 0.279 e. The van der Waals surface area contributed by atoms with Gasteiger partial charge in [-0.05, 0) is 55.3 Å². The highest BCUT2D eigenvalue weighted by molar-refractivity contribution is 7.89. The summed E-state index contributed by atoms with van der Waals surface area (Å²) in [5.74, 6) is -0.437. The van der Waals surface area contributed by atoms with Crippen LogP contribution < -0.4 is 4.80 Å². The van der Waals surface area contributed by atoms with Crippen molar-refractivity contribution in [1.82, 2.24) is 8.87 Å². The van der Waals surface area contributed by atoms with Crippen LogP contribution in [0, 0.1) is 0 Å². The summed E-state index contributed by atoms with van der Waals surface area (Å²) in [7, 11) is -3.62. The molecule has 0 N–H and O–H groups in total. The fourth-order valence-corrected chi connectivity index (χ4v) is 6.36. The van der Waals surface area contributed by atoms with Crippen LogP contribution in [0.1, 0.15) is 49.9 Å². The van der Waals surface area contributed by atoms with Crippen molar-refractivity contribution in [2.45, 2.75) is 51.0 Å². The largest absolute Gasteiger partial charge is 0.312 e. The monoisotopic (exact) mass is 519 g/mol. The highest BCUT2D eigenvalue weighted by Crippen LogP contribution is 2.22. The van der Waals surface area contributed by atoms with Crippen LogP contribution in [0.3, 0.4) is 0 Å². The molecule has 0 saturated carbocycles. The maximum atomic E-state index is 13.2. The zero-order chi connectivity index (χ0) is 24.7. The number of fused-ring (bicyclic) bond motifs is 1. The number of sulfonamides is 1. The molecule has 0 fully saturated rings. The zero-order valence-electron chi connectivity index (χ0n) is 19.5. The SMILES string of the molecule is C=CCn1c(=NC(=O)c2ccc(S(=O)(=O)N(CCCC)CCCC)cc2)sc2cc(Cl)ccc21. The van der Waals surface area contributed by atoms with Crippen LogP contribution in [0.2, 0.25) is 5.02 Å². The van der Waals surface area contributed by atoms with Gasteiger partial charge in [0, 0.05) is 30.2 Å². The van der Waals surface area contributed by atoms with E-state index < -0.39 is 15.9 Å². The fourth-order valence-electron chi connectivity index (χ4n) is 3.53. The molecule has 0 unspecified atom stereocenters. The Balaban J connectivity index is 1.91. The van der Waals surface area contributed by atoms with Gasteiger partial charge in [0.25, 0.3) is 5.91 Å². The quantitative estimate of drug-likeness (QED) is 0.297. The van der Waals surface area contributed by atoms with Crippen molar-refractivity contribution < 1.29 is 13.2 Å². The second kappa shape index (κ2) is 11.9. The number of amides is 1. The van der Waals surface area contributed by atoms with Crippen LogP contribution in [0.15, 0.2) is 65.0 Å². The van der Waals surface area contributed by atoms with E-state index >= 15 is 0 Å². The predicted octanol–water partition coefficient (Wildman–Crippen LogP) is 5.87. The van der Waals surface area contributed by atoms with Crippen LogP contribution in [-0.4, -0.2) is 36.3 Å². The lowest BCUT2D eigenvalue weighted by atomic mass is 10.2. The number of carbonyl (C=O) groups is 1. The Bertz CT molecular complexity index is 1320. The third-order valence-corrected chi connectivity index (χ3v) is 8.60. The Morgan fingerprint density at radius 3 is 2.35 bits per heavy atom. The van der Waals surface area contributed by atoms with E-state index in [1.165, 1.54) is 35.6 Å². The first-order valence-electron chi connectivity index (χ1n) is 11.4. The molecular formula is C25H30ClN3O3S2. The Kier molecular flexibility index (Phi) is 9.24. The standard InChI is InChI=1S/C25H30ClN3O3S2/c1-4-7-16-28(17-8-5-2)34(31,32)21-12-9-19(10-13-21)24(30)27-25-29(15-6-3)22-14-11-20(26)18-23(22)33-25/h6,9-14,18H,3-5,7-8,15-17H2,1-2H3. The van der Waals surface area contributed by atoms with Crippen molar-refractivity contribution in [2.24, 2.45) is 4.99 Å². The highest BCUT2D eigenvalue weighted by Gasteiger charge is 2.23. The average molecular weight is 520 g/mol. The minimum Gasteiger partial charge on any atom is -0.312 e. The van der Waals surface area contributed by atoms with Crippen molar-refractivity contribution >= 4 is 49.1 Å². The van der Waals surface area contributed by atoms with Gasteiger partial charge in [0.1, 0.15) is 0 Å². The van der Waals surface area contributed by atoms with Crippen molar-refractivity contribution in [2.75, 3.05) is 13.1 Å². The maximum absolute atomic E-state index is 13.2. The van der Waals surface area contributed by atoms with Gasteiger partial charge in [-0.25, -0.2) is 8.42 Å². The predicted molar refractivity (Wildman–Crippen MR) is 140 cm³/mol. The van der Waals surface area contributed by atoms with E-state index in [0.29, 0.717) is 35.0 Å². The van der Waals surface area contributed by atoms with Crippen molar-refractivity contribution in [3.63, 3.8) is 0 Å². The second-order valence-corrected chi connectivity index (χ2v) is 11.3. The van der Waals surface area contributed by atoms with Gasteiger partial charge in [-0.15, -0.1) is 6.58 Å². The number of allylic oxidation sites excluding steroid dienone is 1. The smallest absolute Gasteiger partial charge is 0.279 e. The molecule has 1 heterocycles. The molecule has 0 aliphatic carbocycles. The van der Waals surface area contributed by atoms with E-state index in [9.17, 15) is 13.2 Å². The zero-order valence-corrected chi connectivity index (χ0v) is 21.9. The van der Waals surface area contributed by atoms with Crippen LogP contribution >= 0.6 is 22.9 Å². The molecule has 9 heteroatoms. The number of aromatic nitrogens is 1. The molecule has 0 radical (unpaired) electrons. The number of halogens is 1. The second-order valence-electron chi connectivity index (χ2n) is 7.95. The number of hydrogen-bond acceptors (Lipinski definition) is 4. The average Bonchev–Trinajstić information content (AvgIpc) is 3.15. The first kappa shape index (κ1) is 26.3. The summed E-state index contributed by atoms with van der Waals surface area (Å²) < 4.78 is 30.7. The summed E-state index contributed by atoms with van der Waals surface area (Å²) in [4.78, 5) is 17.9. The van der Waals surface area contributed by atoms with Crippen molar-refractivity contribution in [3.8, 4) is 0 Å². The summed E-state index contributed by atoms with van der Waals surface area (Å²) in [5, 5.41) is 0.612. The van der Waals surface area contributed by atoms with Gasteiger partial charge in [-0.2, -0.15) is 9.30 Å². The molecule has 6 nitrogen and oxygen atoms in total. The van der Waals surface area contributed by atoms with E-state index in [1.807, 2.05) is 30.5 Å². The lowest BCUT2D eigenvalue weighted by molar-refractivity contribution is 0.0997. The molecule has 0 saturated heterocycles. The third-order valence-electron chi connectivity index (χ3n) is 5.41. The number of benzene rings is 2. The number of carbonyl (C=O) groups excluding carboxylic acids is 1. The molecule has 3 aromatic rings. The molecule has 1 aromatic heterocycles. The van der Waals surface area contributed by atoms with Gasteiger partial charge in [-0.3, -0.25) is 4.79 Å². The van der Waals surface area contributed by atoms with Crippen molar-refractivity contribution in [1.29, 1.82) is 0 Å². The minimum absolute atomic E-state index is 0.189. The summed E-state index contributed by atoms with van der Waals surface area (Å²) in [6.07, 6.45) is 5.20. The summed E-state index contributed by atoms with van der Waals surface area (Å²) in [5.41, 5.74) is 1.25. The Labute approximate surface area is 210 Å². The van der Waals surface area contributed by atoms with Gasteiger partial charge in [0.15, 0.2) is 4.80 Å². The minimum atomic E-state index is -3.62. The lowest BCUT2D eigenvalue weighted by Crippen LogP contribution is -2.33. The molecule has 2 aromatic carbocycles. The molecule has 0 aliphatic rings. The molecule has 0 spiro atoms. The van der Waals surface area contributed by atoms with Gasteiger partial charge in [-0.1, -0.05) is 55.7 Å². The van der Waals surface area contributed by atoms with E-state index in [1.54, 1.807) is 16.4 Å². The van der Waals surface area contributed by atoms with Crippen molar-refractivity contribution in [3.05, 3.63) is 70.5 Å². The fraction of sp³-hybridized carbons (Fsp3) is 0.360. The Morgan fingerprint density at radius 1 is 1.12 bits per heavy atom. The van der Waals surface area contributed by atoms with E-state index in [2.05, 4.69) is 11.6 Å². The summed E-state index contributed by atoms with van der Waals surface area (Å²) >= 11 is 7.48. The lowest BCUT2D eigenvalue weighted by Gasteiger charge is -2.22. The van der Waals surface area contributed by atoms with E-state index in [4.69, 9.17) is 11.6 Å². The van der Waals surface area contributed by atoms with Gasteiger partial charge < -0.3 is 4.57 Å². The Hall–Kier alpha value is -2.26. The van der Waals surface area contributed by atoms with E-state index in [0.717, 1.165) is 35.9 Å². The highest BCUT2D eigenvalue weighted by atomic mass is 35.5. The Morgan fingerprint density at radius 2 is 1.76 bits per heavy atom. The molecule has 1 amide bonds. The number of nitrogens with zero attached hydrogens (tertiary/aromatic N) is 3. The summed E-state index contributed by atoms with van der Waals surface area (Å²) in [6, 6.07) is 11.6. The number of rotatable bonds is 11. The van der Waals surface area contributed by atoms with Gasteiger partial charge in [0.05, 0.1) is 15.1 Å². The number of hydrogen-bond donors (Lipinski definition) is 0. The summed E-state index contributed by atoms with van der Waals surface area (Å²) in [6.45, 7) is 9.36. The number of unbranched alkanes of at least 4 members (excludes halogenated alkanes) is 2. The molecule has 0 bridgehead atoms. The number of thiazole rings is 1. The third kappa shape index (κ3) is 6.05. The van der Waals surface area contributed by atoms with Gasteiger partial charge in [0.2, 0.25) is 10.0 Å². The van der Waals surface area contributed by atoms with Crippen LogP contribution in [-0.2, 0) is 16.6 Å². The first-order valence-corrected chi connectivity index (χ1v) is 14.0. The molecule has 0 atom stereocenters. The normalized spacial score (nSPS) is 12.5. The molecule has 0 aliphatic heterocycles. The van der Waals surface area contributed by atoms with Crippen LogP contribution in [0.25, 0.3) is 10.2 Å². The van der Waals surface area contributed by atoms with Crippen LogP contribution in [0.4, 0.5) is 0 Å².